The number of aliphatic hydroxyl groups excluding tert-OH is 4. The Balaban J connectivity index is 2.13. The Kier molecular flexibility index (Phi) is 4.62. The molecule has 1 aromatic carbocycles. The third kappa shape index (κ3) is 3.00. The zero-order valence-corrected chi connectivity index (χ0v) is 10.6. The van der Waals surface area contributed by atoms with Gasteiger partial charge in [-0.15, -0.1) is 0 Å². The predicted octanol–water partition coefficient (Wildman–Crippen LogP) is -0.481. The fraction of sp³-hybridized carbons (Fsp3) is 0.500. The molecule has 1 aliphatic rings. The number of benzene rings is 1. The van der Waals surface area contributed by atoms with Crippen LogP contribution in [0.25, 0.3) is 0 Å². The lowest BCUT2D eigenvalue weighted by molar-refractivity contribution is -0.277. The summed E-state index contributed by atoms with van der Waals surface area (Å²) in [5, 5.41) is 38.4. The second-order valence-corrected chi connectivity index (χ2v) is 4.65. The average molecular weight is 291 g/mol. The summed E-state index contributed by atoms with van der Waals surface area (Å²) in [6, 6.07) is 6.57. The van der Waals surface area contributed by atoms with E-state index in [2.05, 4.69) is 0 Å². The second-order valence-electron chi connectivity index (χ2n) is 4.25. The number of para-hydroxylation sites is 1. The van der Waals surface area contributed by atoms with Crippen molar-refractivity contribution in [3.8, 4) is 5.75 Å². The highest BCUT2D eigenvalue weighted by molar-refractivity contribution is 6.32. The van der Waals surface area contributed by atoms with Gasteiger partial charge in [0.25, 0.3) is 0 Å². The molecule has 1 heterocycles. The van der Waals surface area contributed by atoms with Crippen molar-refractivity contribution in [2.24, 2.45) is 0 Å². The summed E-state index contributed by atoms with van der Waals surface area (Å²) in [7, 11) is 0. The molecule has 0 aliphatic carbocycles. The van der Waals surface area contributed by atoms with Crippen molar-refractivity contribution in [1.82, 2.24) is 0 Å². The van der Waals surface area contributed by atoms with E-state index in [1.54, 1.807) is 24.3 Å². The van der Waals surface area contributed by atoms with Crippen LogP contribution >= 0.6 is 11.6 Å². The first-order valence-corrected chi connectivity index (χ1v) is 6.14. The Bertz CT molecular complexity index is 426. The molecule has 0 aromatic heterocycles. The summed E-state index contributed by atoms with van der Waals surface area (Å²) in [5.41, 5.74) is 0. The molecule has 6 nitrogen and oxygen atoms in total. The van der Waals surface area contributed by atoms with E-state index in [9.17, 15) is 15.3 Å². The largest absolute Gasteiger partial charge is 0.460 e. The van der Waals surface area contributed by atoms with Crippen molar-refractivity contribution in [3.05, 3.63) is 29.3 Å². The molecule has 1 aromatic rings. The van der Waals surface area contributed by atoms with Crippen LogP contribution in [0.1, 0.15) is 0 Å². The number of aliphatic hydroxyl groups is 4. The van der Waals surface area contributed by atoms with Gasteiger partial charge in [-0.25, -0.2) is 0 Å². The Morgan fingerprint density at radius 1 is 1.11 bits per heavy atom. The van der Waals surface area contributed by atoms with Crippen molar-refractivity contribution in [1.29, 1.82) is 0 Å². The van der Waals surface area contributed by atoms with Crippen LogP contribution in [0.15, 0.2) is 24.3 Å². The van der Waals surface area contributed by atoms with Crippen LogP contribution in [0.5, 0.6) is 5.75 Å². The Morgan fingerprint density at radius 3 is 2.42 bits per heavy atom. The molecule has 2 rings (SSSR count). The minimum absolute atomic E-state index is 0.272. The summed E-state index contributed by atoms with van der Waals surface area (Å²) in [6.07, 6.45) is -6.57. The molecule has 7 heteroatoms. The normalized spacial score (nSPS) is 35.1. The summed E-state index contributed by atoms with van der Waals surface area (Å²) >= 11 is 5.90. The zero-order chi connectivity index (χ0) is 14.0. The van der Waals surface area contributed by atoms with E-state index >= 15 is 0 Å². The molecule has 106 valence electrons. The van der Waals surface area contributed by atoms with Crippen LogP contribution in [0.4, 0.5) is 0 Å². The van der Waals surface area contributed by atoms with Crippen LogP contribution in [-0.2, 0) is 4.74 Å². The second kappa shape index (κ2) is 6.04. The van der Waals surface area contributed by atoms with Crippen molar-refractivity contribution < 1.29 is 29.9 Å². The van der Waals surface area contributed by atoms with E-state index in [1.807, 2.05) is 0 Å². The molecule has 19 heavy (non-hydrogen) atoms. The summed E-state index contributed by atoms with van der Waals surface area (Å²) < 4.78 is 10.6. The van der Waals surface area contributed by atoms with Crippen molar-refractivity contribution in [2.45, 2.75) is 30.7 Å². The minimum Gasteiger partial charge on any atom is -0.460 e. The van der Waals surface area contributed by atoms with Crippen LogP contribution in [0.3, 0.4) is 0 Å². The van der Waals surface area contributed by atoms with E-state index in [-0.39, 0.29) is 5.75 Å². The quantitative estimate of drug-likeness (QED) is 0.600. The maximum Gasteiger partial charge on any atom is 0.229 e. The van der Waals surface area contributed by atoms with Gasteiger partial charge in [0.1, 0.15) is 30.2 Å². The van der Waals surface area contributed by atoms with E-state index in [1.165, 1.54) is 0 Å². The van der Waals surface area contributed by atoms with Crippen molar-refractivity contribution in [2.75, 3.05) is 6.61 Å². The highest BCUT2D eigenvalue weighted by Gasteiger charge is 2.44. The highest BCUT2D eigenvalue weighted by Crippen LogP contribution is 2.28. The monoisotopic (exact) mass is 290 g/mol. The van der Waals surface area contributed by atoms with Crippen LogP contribution < -0.4 is 4.74 Å². The molecule has 4 N–H and O–H groups in total. The van der Waals surface area contributed by atoms with Crippen molar-refractivity contribution >= 4 is 11.6 Å². The average Bonchev–Trinajstić information content (AvgIpc) is 2.41. The van der Waals surface area contributed by atoms with E-state index in [0.29, 0.717) is 5.02 Å². The van der Waals surface area contributed by atoms with E-state index in [4.69, 9.17) is 26.2 Å². The van der Waals surface area contributed by atoms with E-state index < -0.39 is 37.3 Å². The summed E-state index contributed by atoms with van der Waals surface area (Å²) in [4.78, 5) is 0. The minimum atomic E-state index is -1.47. The molecule has 0 unspecified atom stereocenters. The first kappa shape index (κ1) is 14.5. The van der Waals surface area contributed by atoms with Gasteiger partial charge in [-0.2, -0.15) is 0 Å². The fourth-order valence-electron chi connectivity index (χ4n) is 1.83. The third-order valence-corrected chi connectivity index (χ3v) is 3.24. The molecular weight excluding hydrogens is 276 g/mol. The van der Waals surface area contributed by atoms with Crippen LogP contribution in [-0.4, -0.2) is 57.7 Å². The van der Waals surface area contributed by atoms with Crippen LogP contribution in [0.2, 0.25) is 5.02 Å². The first-order chi connectivity index (χ1) is 9.04. The van der Waals surface area contributed by atoms with Gasteiger partial charge in [-0.1, -0.05) is 23.7 Å². The Labute approximate surface area is 114 Å². The molecule has 1 saturated heterocycles. The molecule has 0 amide bonds. The lowest BCUT2D eigenvalue weighted by Crippen LogP contribution is -2.60. The van der Waals surface area contributed by atoms with Gasteiger partial charge in [0.15, 0.2) is 0 Å². The lowest BCUT2D eigenvalue weighted by Gasteiger charge is -2.39. The molecule has 0 bridgehead atoms. The van der Waals surface area contributed by atoms with Crippen molar-refractivity contribution in [3.63, 3.8) is 0 Å². The predicted molar refractivity (Wildman–Crippen MR) is 65.8 cm³/mol. The Morgan fingerprint density at radius 2 is 1.79 bits per heavy atom. The van der Waals surface area contributed by atoms with Crippen LogP contribution in [0, 0.1) is 0 Å². The topological polar surface area (TPSA) is 99.4 Å². The maximum absolute atomic E-state index is 9.79. The molecule has 5 atom stereocenters. The number of rotatable bonds is 3. The lowest BCUT2D eigenvalue weighted by atomic mass is 9.99. The van der Waals surface area contributed by atoms with Gasteiger partial charge in [-0.3, -0.25) is 0 Å². The van der Waals surface area contributed by atoms with E-state index in [0.717, 1.165) is 0 Å². The zero-order valence-electron chi connectivity index (χ0n) is 9.89. The van der Waals surface area contributed by atoms with Gasteiger partial charge >= 0.3 is 0 Å². The molecular formula is C12H15ClO6. The van der Waals surface area contributed by atoms with Gasteiger partial charge in [0, 0.05) is 0 Å². The van der Waals surface area contributed by atoms with Gasteiger partial charge in [0.2, 0.25) is 6.29 Å². The fourth-order valence-corrected chi connectivity index (χ4v) is 2.01. The molecule has 0 radical (unpaired) electrons. The van der Waals surface area contributed by atoms with Gasteiger partial charge < -0.3 is 29.9 Å². The third-order valence-electron chi connectivity index (χ3n) is 2.93. The number of halogens is 1. The molecule has 0 saturated carbocycles. The molecule has 1 fully saturated rings. The SMILES string of the molecule is OC[C@@H]1O[C@H](Oc2ccccc2Cl)[C@@H](O)[C@H](O)[C@H]1O. The summed E-state index contributed by atoms with van der Waals surface area (Å²) in [5.74, 6) is 0.272. The molecule has 1 aliphatic heterocycles. The maximum atomic E-state index is 9.79. The number of ether oxygens (including phenoxy) is 2. The first-order valence-electron chi connectivity index (χ1n) is 5.76. The summed E-state index contributed by atoms with van der Waals surface area (Å²) in [6.45, 7) is -0.507. The smallest absolute Gasteiger partial charge is 0.229 e. The highest BCUT2D eigenvalue weighted by atomic mass is 35.5. The molecule has 0 spiro atoms. The number of hydrogen-bond donors (Lipinski definition) is 4. The standard InChI is InChI=1S/C12H15ClO6/c13-6-3-1-2-4-7(6)18-12-11(17)10(16)9(15)8(5-14)19-12/h1-4,8-12,14-17H,5H2/t8-,9-,10+,11-,12-/m0/s1. The Hall–Kier alpha value is -0.890. The van der Waals surface area contributed by atoms with Gasteiger partial charge in [-0.05, 0) is 12.1 Å². The number of hydrogen-bond acceptors (Lipinski definition) is 6. The van der Waals surface area contributed by atoms with Gasteiger partial charge in [0.05, 0.1) is 11.6 Å².